The number of thioether (sulfide) groups is 1. The van der Waals surface area contributed by atoms with E-state index in [9.17, 15) is 4.79 Å². The van der Waals surface area contributed by atoms with Gasteiger partial charge in [0.1, 0.15) is 0 Å². The second kappa shape index (κ2) is 8.68. The van der Waals surface area contributed by atoms with Gasteiger partial charge in [-0.15, -0.1) is 10.2 Å². The average molecular weight is 469 g/mol. The maximum Gasteiger partial charge on any atom is 0.340 e. The Hall–Kier alpha value is -3.30. The van der Waals surface area contributed by atoms with Gasteiger partial charge in [-0.1, -0.05) is 41.6 Å². The first-order valence-electron chi connectivity index (χ1n) is 9.84. The normalized spacial score (nSPS) is 14.7. The molecule has 0 amide bonds. The van der Waals surface area contributed by atoms with E-state index in [1.165, 1.54) is 11.8 Å². The van der Waals surface area contributed by atoms with Crippen molar-refractivity contribution in [1.29, 1.82) is 0 Å². The second-order valence-electron chi connectivity index (χ2n) is 6.82. The first-order chi connectivity index (χ1) is 15.6. The van der Waals surface area contributed by atoms with Crippen LogP contribution in [0.2, 0.25) is 5.02 Å². The first-order valence-corrected chi connectivity index (χ1v) is 11.2. The van der Waals surface area contributed by atoms with Crippen LogP contribution in [0.5, 0.6) is 11.5 Å². The van der Waals surface area contributed by atoms with Gasteiger partial charge >= 0.3 is 5.97 Å². The first kappa shape index (κ1) is 20.6. The Morgan fingerprint density at radius 2 is 2.06 bits per heavy atom. The van der Waals surface area contributed by atoms with Gasteiger partial charge in [0, 0.05) is 11.3 Å². The van der Waals surface area contributed by atoms with Gasteiger partial charge in [0.05, 0.1) is 22.9 Å². The van der Waals surface area contributed by atoms with Crippen molar-refractivity contribution < 1.29 is 19.0 Å². The van der Waals surface area contributed by atoms with Crippen molar-refractivity contribution in [1.82, 2.24) is 14.9 Å². The van der Waals surface area contributed by atoms with Crippen LogP contribution in [0.3, 0.4) is 0 Å². The highest BCUT2D eigenvalue weighted by Gasteiger charge is 2.26. The van der Waals surface area contributed by atoms with E-state index in [1.54, 1.807) is 23.7 Å². The molecule has 1 aromatic heterocycles. The SMILES string of the molecule is CCOC(=O)C(=Cc1ccc2c(c1)OCO2)C1=Nn2c(nnc2-c2ccccc2Cl)SC1. The number of carbonyl (C=O) groups excluding carboxylic acids is 1. The fraction of sp³-hybridized carbons (Fsp3) is 0.182. The van der Waals surface area contributed by atoms with E-state index in [0.29, 0.717) is 50.1 Å². The number of rotatable bonds is 5. The van der Waals surface area contributed by atoms with E-state index < -0.39 is 5.97 Å². The number of benzene rings is 2. The minimum absolute atomic E-state index is 0.178. The number of ether oxygens (including phenoxy) is 3. The summed E-state index contributed by atoms with van der Waals surface area (Å²) in [5, 5.41) is 14.3. The van der Waals surface area contributed by atoms with Crippen LogP contribution in [0.4, 0.5) is 0 Å². The highest BCUT2D eigenvalue weighted by Crippen LogP contribution is 2.34. The number of hydrogen-bond acceptors (Lipinski definition) is 8. The molecule has 2 aliphatic heterocycles. The van der Waals surface area contributed by atoms with Crippen molar-refractivity contribution in [3.63, 3.8) is 0 Å². The number of esters is 1. The summed E-state index contributed by atoms with van der Waals surface area (Å²) in [4.78, 5) is 12.8. The molecule has 0 atom stereocenters. The number of nitrogens with zero attached hydrogens (tertiary/aromatic N) is 4. The van der Waals surface area contributed by atoms with Gasteiger partial charge in [0.25, 0.3) is 0 Å². The Morgan fingerprint density at radius 1 is 1.22 bits per heavy atom. The summed E-state index contributed by atoms with van der Waals surface area (Å²) in [7, 11) is 0. The van der Waals surface area contributed by atoms with Gasteiger partial charge < -0.3 is 14.2 Å². The molecule has 10 heteroatoms. The van der Waals surface area contributed by atoms with Crippen LogP contribution >= 0.6 is 23.4 Å². The molecule has 162 valence electrons. The molecule has 0 bridgehead atoms. The molecule has 0 aliphatic carbocycles. The Kier molecular flexibility index (Phi) is 5.59. The van der Waals surface area contributed by atoms with Crippen molar-refractivity contribution in [3.8, 4) is 22.9 Å². The van der Waals surface area contributed by atoms with Crippen LogP contribution < -0.4 is 9.47 Å². The third-order valence-electron chi connectivity index (χ3n) is 4.80. The molecule has 2 aromatic carbocycles. The zero-order valence-corrected chi connectivity index (χ0v) is 18.5. The smallest absolute Gasteiger partial charge is 0.340 e. The summed E-state index contributed by atoms with van der Waals surface area (Å²) >= 11 is 7.79. The molecule has 0 fully saturated rings. The summed E-state index contributed by atoms with van der Waals surface area (Å²) in [6.45, 7) is 2.19. The minimum atomic E-state index is -0.458. The van der Waals surface area contributed by atoms with E-state index >= 15 is 0 Å². The van der Waals surface area contributed by atoms with Crippen molar-refractivity contribution in [2.24, 2.45) is 5.10 Å². The topological polar surface area (TPSA) is 87.8 Å². The summed E-state index contributed by atoms with van der Waals surface area (Å²) in [5.74, 6) is 1.78. The van der Waals surface area contributed by atoms with Gasteiger partial charge in [-0.05, 0) is 42.8 Å². The number of carbonyl (C=O) groups is 1. The average Bonchev–Trinajstić information content (AvgIpc) is 3.44. The van der Waals surface area contributed by atoms with Gasteiger partial charge in [0.2, 0.25) is 11.9 Å². The second-order valence-corrected chi connectivity index (χ2v) is 8.17. The zero-order valence-electron chi connectivity index (χ0n) is 16.9. The quantitative estimate of drug-likeness (QED) is 0.408. The highest BCUT2D eigenvalue weighted by atomic mass is 35.5. The summed E-state index contributed by atoms with van der Waals surface area (Å²) in [6.07, 6.45) is 1.74. The predicted molar refractivity (Wildman–Crippen MR) is 121 cm³/mol. The van der Waals surface area contributed by atoms with Crippen LogP contribution in [-0.4, -0.2) is 45.7 Å². The lowest BCUT2D eigenvalue weighted by Gasteiger charge is -2.16. The number of fused-ring (bicyclic) bond motifs is 2. The maximum absolute atomic E-state index is 12.8. The van der Waals surface area contributed by atoms with Crippen molar-refractivity contribution >= 4 is 41.1 Å². The lowest BCUT2D eigenvalue weighted by molar-refractivity contribution is -0.137. The van der Waals surface area contributed by atoms with Gasteiger partial charge in [0.15, 0.2) is 17.3 Å². The fourth-order valence-electron chi connectivity index (χ4n) is 3.31. The molecule has 8 nitrogen and oxygen atoms in total. The molecule has 0 saturated heterocycles. The van der Waals surface area contributed by atoms with Crippen LogP contribution in [0.15, 0.2) is 58.3 Å². The summed E-state index contributed by atoms with van der Waals surface area (Å²) < 4.78 is 17.7. The molecule has 2 aliphatic rings. The summed E-state index contributed by atoms with van der Waals surface area (Å²) in [5.41, 5.74) is 2.37. The standard InChI is InChI=1S/C22H17ClN4O4S/c1-2-29-21(28)15(9-13-7-8-18-19(10-13)31-12-30-18)17-11-32-22-25-24-20(27(22)26-17)14-5-3-4-6-16(14)23/h3-10H,2,11-12H2,1H3. The largest absolute Gasteiger partial charge is 0.462 e. The Morgan fingerprint density at radius 3 is 2.91 bits per heavy atom. The molecule has 0 spiro atoms. The van der Waals surface area contributed by atoms with E-state index in [-0.39, 0.29) is 13.4 Å². The van der Waals surface area contributed by atoms with Gasteiger partial charge in [-0.2, -0.15) is 9.78 Å². The Bertz CT molecular complexity index is 1270. The van der Waals surface area contributed by atoms with E-state index in [0.717, 1.165) is 5.56 Å². The predicted octanol–water partition coefficient (Wildman–Crippen LogP) is 4.28. The van der Waals surface area contributed by atoms with Crippen molar-refractivity contribution in [3.05, 3.63) is 58.6 Å². The van der Waals surface area contributed by atoms with Crippen LogP contribution in [0, 0.1) is 0 Å². The molecular weight excluding hydrogens is 452 g/mol. The molecular formula is C22H17ClN4O4S. The monoisotopic (exact) mass is 468 g/mol. The highest BCUT2D eigenvalue weighted by molar-refractivity contribution is 7.99. The molecule has 0 unspecified atom stereocenters. The van der Waals surface area contributed by atoms with Crippen molar-refractivity contribution in [2.75, 3.05) is 19.2 Å². The number of hydrogen-bond donors (Lipinski definition) is 0. The maximum atomic E-state index is 12.8. The van der Waals surface area contributed by atoms with E-state index in [2.05, 4.69) is 10.2 Å². The lowest BCUT2D eigenvalue weighted by Crippen LogP contribution is -2.21. The van der Waals surface area contributed by atoms with Gasteiger partial charge in [-0.3, -0.25) is 0 Å². The summed E-state index contributed by atoms with van der Waals surface area (Å²) in [6, 6.07) is 12.8. The van der Waals surface area contributed by atoms with Crippen LogP contribution in [0.1, 0.15) is 12.5 Å². The van der Waals surface area contributed by atoms with E-state index in [4.69, 9.17) is 30.9 Å². The number of halogens is 1. The third-order valence-corrected chi connectivity index (χ3v) is 6.06. The molecule has 0 saturated carbocycles. The van der Waals surface area contributed by atoms with E-state index in [1.807, 2.05) is 36.4 Å². The lowest BCUT2D eigenvalue weighted by atomic mass is 10.1. The van der Waals surface area contributed by atoms with Gasteiger partial charge in [-0.25, -0.2) is 4.79 Å². The number of aromatic nitrogens is 3. The van der Waals surface area contributed by atoms with Crippen molar-refractivity contribution in [2.45, 2.75) is 12.1 Å². The molecule has 3 aromatic rings. The Balaban J connectivity index is 1.58. The molecule has 0 radical (unpaired) electrons. The van der Waals surface area contributed by atoms with Crippen LogP contribution in [0.25, 0.3) is 17.5 Å². The minimum Gasteiger partial charge on any atom is -0.462 e. The molecule has 32 heavy (non-hydrogen) atoms. The zero-order chi connectivity index (χ0) is 22.1. The Labute approximate surface area is 192 Å². The third kappa shape index (κ3) is 3.85. The molecule has 0 N–H and O–H groups in total. The molecule has 5 rings (SSSR count). The van der Waals surface area contributed by atoms with Crippen LogP contribution in [-0.2, 0) is 9.53 Å². The molecule has 3 heterocycles. The fourth-order valence-corrected chi connectivity index (χ4v) is 4.36.